The molecule has 0 radical (unpaired) electrons. The van der Waals surface area contributed by atoms with Crippen molar-refractivity contribution in [3.63, 3.8) is 0 Å². The molecule has 2 N–H and O–H groups in total. The lowest BCUT2D eigenvalue weighted by Crippen LogP contribution is -2.24. The van der Waals surface area contributed by atoms with E-state index < -0.39 is 0 Å². The number of hydrogen-bond acceptors (Lipinski definition) is 2. The SMILES string of the molecule is CC(C)CNCCCNCc1cccc(Cl)c1. The van der Waals surface area contributed by atoms with Gasteiger partial charge in [-0.2, -0.15) is 0 Å². The van der Waals surface area contributed by atoms with Crippen molar-refractivity contribution in [2.24, 2.45) is 5.92 Å². The molecular formula is C14H23ClN2. The molecule has 0 saturated heterocycles. The smallest absolute Gasteiger partial charge is 0.0409 e. The number of benzene rings is 1. The summed E-state index contributed by atoms with van der Waals surface area (Å²) in [6.45, 7) is 8.58. The van der Waals surface area contributed by atoms with Gasteiger partial charge in [-0.05, 0) is 49.7 Å². The van der Waals surface area contributed by atoms with Crippen molar-refractivity contribution < 1.29 is 0 Å². The molecule has 0 aliphatic rings. The minimum absolute atomic E-state index is 0.731. The molecule has 0 heterocycles. The van der Waals surface area contributed by atoms with Crippen molar-refractivity contribution in [3.05, 3.63) is 34.9 Å². The molecule has 0 bridgehead atoms. The number of hydrogen-bond donors (Lipinski definition) is 2. The van der Waals surface area contributed by atoms with Gasteiger partial charge in [0.05, 0.1) is 0 Å². The van der Waals surface area contributed by atoms with Crippen LogP contribution in [-0.4, -0.2) is 19.6 Å². The summed E-state index contributed by atoms with van der Waals surface area (Å²) >= 11 is 5.92. The molecule has 0 fully saturated rings. The van der Waals surface area contributed by atoms with Crippen molar-refractivity contribution in [3.8, 4) is 0 Å². The van der Waals surface area contributed by atoms with Gasteiger partial charge in [0.15, 0.2) is 0 Å². The molecule has 0 spiro atoms. The first-order valence-corrected chi connectivity index (χ1v) is 6.72. The Bertz CT molecular complexity index is 313. The Morgan fingerprint density at radius 2 is 1.94 bits per heavy atom. The van der Waals surface area contributed by atoms with E-state index >= 15 is 0 Å². The summed E-state index contributed by atoms with van der Waals surface area (Å²) < 4.78 is 0. The predicted octanol–water partition coefficient (Wildman–Crippen LogP) is 3.07. The van der Waals surface area contributed by atoms with E-state index in [-0.39, 0.29) is 0 Å². The van der Waals surface area contributed by atoms with E-state index in [1.54, 1.807) is 0 Å². The standard InChI is InChI=1S/C14H23ClN2/c1-12(2)10-16-7-4-8-17-11-13-5-3-6-14(15)9-13/h3,5-6,9,12,16-17H,4,7-8,10-11H2,1-2H3. The molecule has 3 heteroatoms. The molecule has 0 saturated carbocycles. The van der Waals surface area contributed by atoms with Crippen LogP contribution in [0, 0.1) is 5.92 Å². The summed E-state index contributed by atoms with van der Waals surface area (Å²) in [6.07, 6.45) is 1.16. The van der Waals surface area contributed by atoms with Crippen molar-refractivity contribution in [1.29, 1.82) is 0 Å². The van der Waals surface area contributed by atoms with Gasteiger partial charge in [-0.1, -0.05) is 37.6 Å². The largest absolute Gasteiger partial charge is 0.316 e. The average Bonchev–Trinajstić information content (AvgIpc) is 2.27. The number of nitrogens with one attached hydrogen (secondary N) is 2. The molecule has 17 heavy (non-hydrogen) atoms. The van der Waals surface area contributed by atoms with Crippen LogP contribution < -0.4 is 10.6 Å². The van der Waals surface area contributed by atoms with E-state index in [0.717, 1.165) is 43.5 Å². The summed E-state index contributed by atoms with van der Waals surface area (Å²) in [7, 11) is 0. The number of halogens is 1. The van der Waals surface area contributed by atoms with Crippen LogP contribution in [0.5, 0.6) is 0 Å². The zero-order valence-corrected chi connectivity index (χ0v) is 11.6. The van der Waals surface area contributed by atoms with Crippen LogP contribution in [0.15, 0.2) is 24.3 Å². The van der Waals surface area contributed by atoms with Crippen LogP contribution in [0.3, 0.4) is 0 Å². The molecule has 1 aromatic rings. The van der Waals surface area contributed by atoms with Gasteiger partial charge in [0.2, 0.25) is 0 Å². The molecule has 0 amide bonds. The zero-order valence-electron chi connectivity index (χ0n) is 10.8. The summed E-state index contributed by atoms with van der Waals surface area (Å²) in [6, 6.07) is 7.99. The summed E-state index contributed by atoms with van der Waals surface area (Å²) in [4.78, 5) is 0. The van der Waals surface area contributed by atoms with E-state index in [0.29, 0.717) is 0 Å². The van der Waals surface area contributed by atoms with Gasteiger partial charge < -0.3 is 10.6 Å². The van der Waals surface area contributed by atoms with Crippen molar-refractivity contribution >= 4 is 11.6 Å². The van der Waals surface area contributed by atoms with Gasteiger partial charge in [-0.25, -0.2) is 0 Å². The molecule has 0 atom stereocenters. The monoisotopic (exact) mass is 254 g/mol. The highest BCUT2D eigenvalue weighted by atomic mass is 35.5. The van der Waals surface area contributed by atoms with Crippen LogP contribution in [0.1, 0.15) is 25.8 Å². The highest BCUT2D eigenvalue weighted by Gasteiger charge is 1.95. The fraction of sp³-hybridized carbons (Fsp3) is 0.571. The van der Waals surface area contributed by atoms with E-state index in [1.165, 1.54) is 5.56 Å². The Labute approximate surface area is 110 Å². The Kier molecular flexibility index (Phi) is 7.25. The molecule has 2 nitrogen and oxygen atoms in total. The van der Waals surface area contributed by atoms with Crippen LogP contribution in [0.25, 0.3) is 0 Å². The molecule has 0 aliphatic heterocycles. The van der Waals surface area contributed by atoms with Crippen LogP contribution in [0.2, 0.25) is 5.02 Å². The van der Waals surface area contributed by atoms with Crippen LogP contribution in [-0.2, 0) is 6.54 Å². The topological polar surface area (TPSA) is 24.1 Å². The Hall–Kier alpha value is -0.570. The fourth-order valence-corrected chi connectivity index (χ4v) is 1.82. The second kappa shape index (κ2) is 8.51. The first-order chi connectivity index (χ1) is 8.18. The Morgan fingerprint density at radius 1 is 1.18 bits per heavy atom. The van der Waals surface area contributed by atoms with Gasteiger partial charge in [0.1, 0.15) is 0 Å². The van der Waals surface area contributed by atoms with E-state index in [2.05, 4.69) is 30.5 Å². The Balaban J connectivity index is 2.01. The highest BCUT2D eigenvalue weighted by molar-refractivity contribution is 6.30. The first kappa shape index (κ1) is 14.5. The van der Waals surface area contributed by atoms with E-state index in [4.69, 9.17) is 11.6 Å². The number of rotatable bonds is 8. The van der Waals surface area contributed by atoms with Gasteiger partial charge in [0.25, 0.3) is 0 Å². The maximum atomic E-state index is 5.92. The van der Waals surface area contributed by atoms with Gasteiger partial charge >= 0.3 is 0 Å². The Morgan fingerprint density at radius 3 is 2.65 bits per heavy atom. The van der Waals surface area contributed by atoms with Crippen molar-refractivity contribution in [2.45, 2.75) is 26.8 Å². The van der Waals surface area contributed by atoms with Crippen LogP contribution in [0.4, 0.5) is 0 Å². The zero-order chi connectivity index (χ0) is 12.5. The fourth-order valence-electron chi connectivity index (χ4n) is 1.61. The first-order valence-electron chi connectivity index (χ1n) is 6.34. The minimum atomic E-state index is 0.731. The van der Waals surface area contributed by atoms with Gasteiger partial charge in [0, 0.05) is 11.6 Å². The minimum Gasteiger partial charge on any atom is -0.316 e. The summed E-state index contributed by atoms with van der Waals surface area (Å²) in [5.41, 5.74) is 1.24. The molecule has 1 aromatic carbocycles. The predicted molar refractivity (Wildman–Crippen MR) is 75.5 cm³/mol. The third-order valence-corrected chi connectivity index (χ3v) is 2.71. The third kappa shape index (κ3) is 7.37. The molecule has 0 aliphatic carbocycles. The summed E-state index contributed by atoms with van der Waals surface area (Å²) in [5, 5.41) is 7.66. The lowest BCUT2D eigenvalue weighted by molar-refractivity contribution is 0.530. The molecule has 0 unspecified atom stereocenters. The molecule has 1 rings (SSSR count). The molecule has 0 aromatic heterocycles. The molecular weight excluding hydrogens is 232 g/mol. The highest BCUT2D eigenvalue weighted by Crippen LogP contribution is 2.09. The van der Waals surface area contributed by atoms with Crippen molar-refractivity contribution in [1.82, 2.24) is 10.6 Å². The van der Waals surface area contributed by atoms with Crippen LogP contribution >= 0.6 is 11.6 Å². The maximum Gasteiger partial charge on any atom is 0.0409 e. The maximum absolute atomic E-state index is 5.92. The van der Waals surface area contributed by atoms with E-state index in [1.807, 2.05) is 18.2 Å². The second-order valence-corrected chi connectivity index (χ2v) is 5.19. The average molecular weight is 255 g/mol. The van der Waals surface area contributed by atoms with Gasteiger partial charge in [-0.15, -0.1) is 0 Å². The van der Waals surface area contributed by atoms with Gasteiger partial charge in [-0.3, -0.25) is 0 Å². The normalized spacial score (nSPS) is 11.1. The molecule has 96 valence electrons. The van der Waals surface area contributed by atoms with Crippen molar-refractivity contribution in [2.75, 3.05) is 19.6 Å². The lowest BCUT2D eigenvalue weighted by atomic mass is 10.2. The summed E-state index contributed by atoms with van der Waals surface area (Å²) in [5.74, 6) is 0.731. The van der Waals surface area contributed by atoms with E-state index in [9.17, 15) is 0 Å². The third-order valence-electron chi connectivity index (χ3n) is 2.48. The second-order valence-electron chi connectivity index (χ2n) is 4.76. The quantitative estimate of drug-likeness (QED) is 0.697. The lowest BCUT2D eigenvalue weighted by Gasteiger charge is -2.08.